The van der Waals surface area contributed by atoms with E-state index in [1.807, 2.05) is 30.5 Å². The molecule has 1 N–H and O–H groups in total. The number of rotatable bonds is 4. The molecule has 1 unspecified atom stereocenters. The van der Waals surface area contributed by atoms with Crippen LogP contribution in [0.25, 0.3) is 0 Å². The topological polar surface area (TPSA) is 67.3 Å². The fourth-order valence-electron chi connectivity index (χ4n) is 3.91. The monoisotopic (exact) mass is 366 g/mol. The van der Waals surface area contributed by atoms with Gasteiger partial charge in [0.2, 0.25) is 11.9 Å². The third-order valence-corrected chi connectivity index (χ3v) is 5.48. The molecule has 4 rings (SSSR count). The molecule has 1 amide bonds. The molecule has 6 heteroatoms. The van der Waals surface area contributed by atoms with E-state index in [1.54, 1.807) is 7.11 Å². The summed E-state index contributed by atoms with van der Waals surface area (Å²) in [6, 6.07) is 7.46. The summed E-state index contributed by atoms with van der Waals surface area (Å²) < 4.78 is 5.22. The number of nitrogens with zero attached hydrogens (tertiary/aromatic N) is 3. The third kappa shape index (κ3) is 4.04. The van der Waals surface area contributed by atoms with Gasteiger partial charge in [0.25, 0.3) is 0 Å². The highest BCUT2D eigenvalue weighted by atomic mass is 16.5. The lowest BCUT2D eigenvalue weighted by molar-refractivity contribution is -0.120. The molecule has 0 spiro atoms. The van der Waals surface area contributed by atoms with Gasteiger partial charge in [0.1, 0.15) is 5.75 Å². The van der Waals surface area contributed by atoms with Gasteiger partial charge in [-0.05, 0) is 56.2 Å². The first-order valence-corrected chi connectivity index (χ1v) is 9.77. The predicted molar refractivity (Wildman–Crippen MR) is 105 cm³/mol. The van der Waals surface area contributed by atoms with Gasteiger partial charge in [0, 0.05) is 42.7 Å². The van der Waals surface area contributed by atoms with Crippen LogP contribution in [0.3, 0.4) is 0 Å². The molecule has 2 aliphatic rings. The number of anilines is 2. The number of aryl methyl sites for hydroxylation is 1. The van der Waals surface area contributed by atoms with Gasteiger partial charge in [0.15, 0.2) is 0 Å². The normalized spacial score (nSPS) is 19.3. The fourth-order valence-corrected chi connectivity index (χ4v) is 3.91. The Labute approximate surface area is 160 Å². The van der Waals surface area contributed by atoms with Crippen LogP contribution in [0.15, 0.2) is 30.5 Å². The Morgan fingerprint density at radius 3 is 2.93 bits per heavy atom. The summed E-state index contributed by atoms with van der Waals surface area (Å²) in [7, 11) is 1.62. The van der Waals surface area contributed by atoms with Gasteiger partial charge >= 0.3 is 0 Å². The second-order valence-electron chi connectivity index (χ2n) is 7.35. The Bertz CT molecular complexity index is 818. The number of carbonyl (C=O) groups excluding carboxylic acids is 1. The number of methoxy groups -OCH3 is 1. The zero-order chi connectivity index (χ0) is 18.6. The molecule has 0 bridgehead atoms. The summed E-state index contributed by atoms with van der Waals surface area (Å²) in [6.45, 7) is 2.09. The first-order valence-electron chi connectivity index (χ1n) is 9.77. The van der Waals surface area contributed by atoms with Gasteiger partial charge in [-0.15, -0.1) is 0 Å². The van der Waals surface area contributed by atoms with Crippen molar-refractivity contribution < 1.29 is 9.53 Å². The van der Waals surface area contributed by atoms with E-state index < -0.39 is 0 Å². The van der Waals surface area contributed by atoms with E-state index in [0.717, 1.165) is 54.6 Å². The predicted octanol–water partition coefficient (Wildman–Crippen LogP) is 3.22. The van der Waals surface area contributed by atoms with Crippen molar-refractivity contribution in [3.8, 4) is 5.75 Å². The molecule has 6 nitrogen and oxygen atoms in total. The Hall–Kier alpha value is -2.63. The van der Waals surface area contributed by atoms with E-state index in [2.05, 4.69) is 15.2 Å². The van der Waals surface area contributed by atoms with Crippen molar-refractivity contribution in [3.63, 3.8) is 0 Å². The van der Waals surface area contributed by atoms with Crippen molar-refractivity contribution in [3.05, 3.63) is 41.7 Å². The van der Waals surface area contributed by atoms with Crippen molar-refractivity contribution in [2.45, 2.75) is 38.5 Å². The molecule has 1 aliphatic heterocycles. The van der Waals surface area contributed by atoms with Gasteiger partial charge in [-0.25, -0.2) is 9.97 Å². The number of fused-ring (bicyclic) bond motifs is 1. The molecule has 1 aromatic carbocycles. The van der Waals surface area contributed by atoms with Crippen molar-refractivity contribution in [1.82, 2.24) is 9.97 Å². The number of aromatic nitrogens is 2. The lowest BCUT2D eigenvalue weighted by Crippen LogP contribution is -2.32. The van der Waals surface area contributed by atoms with Crippen molar-refractivity contribution in [2.24, 2.45) is 5.92 Å². The van der Waals surface area contributed by atoms with Crippen molar-refractivity contribution >= 4 is 17.5 Å². The van der Waals surface area contributed by atoms with Crippen molar-refractivity contribution in [1.29, 1.82) is 0 Å². The molecule has 1 fully saturated rings. The minimum absolute atomic E-state index is 0.0480. The number of amides is 1. The number of hydrogen-bond acceptors (Lipinski definition) is 5. The van der Waals surface area contributed by atoms with Crippen LogP contribution in [0.2, 0.25) is 0 Å². The Kier molecular flexibility index (Phi) is 5.23. The summed E-state index contributed by atoms with van der Waals surface area (Å²) in [5.74, 6) is 1.59. The molecule has 1 aromatic heterocycles. The lowest BCUT2D eigenvalue weighted by Gasteiger charge is -2.28. The van der Waals surface area contributed by atoms with E-state index in [-0.39, 0.29) is 11.8 Å². The second kappa shape index (κ2) is 7.94. The Balaban J connectivity index is 1.42. The van der Waals surface area contributed by atoms with Gasteiger partial charge in [-0.3, -0.25) is 4.79 Å². The van der Waals surface area contributed by atoms with Crippen LogP contribution < -0.4 is 15.0 Å². The van der Waals surface area contributed by atoms with Crippen LogP contribution in [0, 0.1) is 5.92 Å². The summed E-state index contributed by atoms with van der Waals surface area (Å²) in [5, 5.41) is 3.01. The zero-order valence-electron chi connectivity index (χ0n) is 15.8. The molecule has 1 aliphatic carbocycles. The molecule has 0 radical (unpaired) electrons. The minimum Gasteiger partial charge on any atom is -0.497 e. The maximum absolute atomic E-state index is 12.7. The molecule has 2 aromatic rings. The van der Waals surface area contributed by atoms with E-state index in [1.165, 1.54) is 19.3 Å². The molecule has 27 heavy (non-hydrogen) atoms. The summed E-state index contributed by atoms with van der Waals surface area (Å²) in [5.41, 5.74) is 2.98. The van der Waals surface area contributed by atoms with E-state index in [0.29, 0.717) is 6.42 Å². The Morgan fingerprint density at radius 1 is 1.26 bits per heavy atom. The molecule has 142 valence electrons. The minimum atomic E-state index is -0.0480. The number of hydrogen-bond donors (Lipinski definition) is 1. The Morgan fingerprint density at radius 2 is 2.11 bits per heavy atom. The average Bonchev–Trinajstić information content (AvgIpc) is 2.73. The lowest BCUT2D eigenvalue weighted by atomic mass is 9.86. The fraction of sp³-hybridized carbons (Fsp3) is 0.476. The molecule has 1 saturated heterocycles. The smallest absolute Gasteiger partial charge is 0.227 e. The summed E-state index contributed by atoms with van der Waals surface area (Å²) in [4.78, 5) is 24.4. The van der Waals surface area contributed by atoms with Crippen LogP contribution >= 0.6 is 0 Å². The number of ether oxygens (including phenoxy) is 1. The van der Waals surface area contributed by atoms with E-state index in [9.17, 15) is 4.79 Å². The number of piperidine rings is 1. The second-order valence-corrected chi connectivity index (χ2v) is 7.35. The quantitative estimate of drug-likeness (QED) is 0.900. The SMILES string of the molecule is COc1cccc(NC(=O)C2CCc3nc(N4CCCCC4)ncc3C2)c1. The number of carbonyl (C=O) groups is 1. The zero-order valence-corrected chi connectivity index (χ0v) is 15.8. The largest absolute Gasteiger partial charge is 0.497 e. The van der Waals surface area contributed by atoms with Crippen LogP contribution in [-0.2, 0) is 17.6 Å². The summed E-state index contributed by atoms with van der Waals surface area (Å²) in [6.07, 6.45) is 8.00. The van der Waals surface area contributed by atoms with Gasteiger partial charge in [0.05, 0.1) is 7.11 Å². The number of nitrogens with one attached hydrogen (secondary N) is 1. The highest BCUT2D eigenvalue weighted by Crippen LogP contribution is 2.27. The van der Waals surface area contributed by atoms with E-state index in [4.69, 9.17) is 9.72 Å². The molecular weight excluding hydrogens is 340 g/mol. The standard InChI is InChI=1S/C21H26N4O2/c1-27-18-7-5-6-17(13-18)23-20(26)15-8-9-19-16(12-15)14-22-21(24-19)25-10-3-2-4-11-25/h5-7,13-15H,2-4,8-12H2,1H3,(H,23,26). The average molecular weight is 366 g/mol. The van der Waals surface area contributed by atoms with Crippen LogP contribution in [0.1, 0.15) is 36.9 Å². The maximum atomic E-state index is 12.7. The maximum Gasteiger partial charge on any atom is 0.227 e. The van der Waals surface area contributed by atoms with Crippen molar-refractivity contribution in [2.75, 3.05) is 30.4 Å². The number of benzene rings is 1. The highest BCUT2D eigenvalue weighted by molar-refractivity contribution is 5.93. The highest BCUT2D eigenvalue weighted by Gasteiger charge is 2.27. The van der Waals surface area contributed by atoms with Crippen LogP contribution in [-0.4, -0.2) is 36.1 Å². The van der Waals surface area contributed by atoms with Gasteiger partial charge in [-0.1, -0.05) is 6.07 Å². The van der Waals surface area contributed by atoms with Gasteiger partial charge < -0.3 is 15.0 Å². The third-order valence-electron chi connectivity index (χ3n) is 5.48. The van der Waals surface area contributed by atoms with Crippen LogP contribution in [0.4, 0.5) is 11.6 Å². The first kappa shape index (κ1) is 17.8. The molecule has 0 saturated carbocycles. The first-order chi connectivity index (χ1) is 13.2. The van der Waals surface area contributed by atoms with Crippen LogP contribution in [0.5, 0.6) is 5.75 Å². The molecular formula is C21H26N4O2. The van der Waals surface area contributed by atoms with Gasteiger partial charge in [-0.2, -0.15) is 0 Å². The summed E-state index contributed by atoms with van der Waals surface area (Å²) >= 11 is 0. The molecule has 2 heterocycles. The van der Waals surface area contributed by atoms with E-state index >= 15 is 0 Å². The molecule has 1 atom stereocenters.